The number of para-hydroxylation sites is 2. The first-order valence-electron chi connectivity index (χ1n) is 7.16. The number of aliphatic hydroxyl groups excluding tert-OH is 1. The molecule has 1 N–H and O–H groups in total. The van der Waals surface area contributed by atoms with Crippen molar-refractivity contribution in [3.8, 4) is 5.75 Å². The van der Waals surface area contributed by atoms with E-state index in [4.69, 9.17) is 4.74 Å². The standard InChI is InChI=1S/C17H20N2O2/c1-13-6-5-9-18-14(13)10-19-11-17(2,12-20)21-16-8-4-3-7-15(16)19/h3-9,20H,10-12H2,1-2H3. The quantitative estimate of drug-likeness (QED) is 0.941. The van der Waals surface area contributed by atoms with Gasteiger partial charge in [-0.3, -0.25) is 4.98 Å². The van der Waals surface area contributed by atoms with Gasteiger partial charge in [0.2, 0.25) is 0 Å². The first-order chi connectivity index (χ1) is 10.1. The Labute approximate surface area is 125 Å². The summed E-state index contributed by atoms with van der Waals surface area (Å²) in [5, 5.41) is 9.65. The van der Waals surface area contributed by atoms with Crippen molar-refractivity contribution in [1.82, 2.24) is 4.98 Å². The molecule has 4 nitrogen and oxygen atoms in total. The van der Waals surface area contributed by atoms with Crippen molar-refractivity contribution < 1.29 is 9.84 Å². The van der Waals surface area contributed by atoms with Crippen LogP contribution in [0.5, 0.6) is 5.75 Å². The lowest BCUT2D eigenvalue weighted by atomic mass is 10.0. The minimum absolute atomic E-state index is 0.0148. The van der Waals surface area contributed by atoms with Gasteiger partial charge in [-0.15, -0.1) is 0 Å². The fourth-order valence-corrected chi connectivity index (χ4v) is 2.68. The molecule has 21 heavy (non-hydrogen) atoms. The number of ether oxygens (including phenoxy) is 1. The highest BCUT2D eigenvalue weighted by Crippen LogP contribution is 2.37. The highest BCUT2D eigenvalue weighted by Gasteiger charge is 2.35. The molecule has 1 aromatic carbocycles. The molecule has 0 amide bonds. The Morgan fingerprint density at radius 3 is 2.86 bits per heavy atom. The Morgan fingerprint density at radius 1 is 1.29 bits per heavy atom. The van der Waals surface area contributed by atoms with Crippen LogP contribution >= 0.6 is 0 Å². The third kappa shape index (κ3) is 2.72. The topological polar surface area (TPSA) is 45.6 Å². The van der Waals surface area contributed by atoms with Gasteiger partial charge in [0.1, 0.15) is 11.4 Å². The fraction of sp³-hybridized carbons (Fsp3) is 0.353. The molecule has 3 rings (SSSR count). The average molecular weight is 284 g/mol. The molecule has 110 valence electrons. The zero-order chi connectivity index (χ0) is 14.9. The minimum atomic E-state index is -0.586. The van der Waals surface area contributed by atoms with Crippen molar-refractivity contribution in [2.75, 3.05) is 18.1 Å². The number of nitrogens with zero attached hydrogens (tertiary/aromatic N) is 2. The number of benzene rings is 1. The van der Waals surface area contributed by atoms with E-state index in [-0.39, 0.29) is 6.61 Å². The molecular weight excluding hydrogens is 264 g/mol. The molecule has 0 radical (unpaired) electrons. The molecule has 1 atom stereocenters. The molecule has 0 fully saturated rings. The lowest BCUT2D eigenvalue weighted by Crippen LogP contribution is -2.51. The van der Waals surface area contributed by atoms with Gasteiger partial charge in [-0.25, -0.2) is 0 Å². The first kappa shape index (κ1) is 13.9. The van der Waals surface area contributed by atoms with E-state index in [9.17, 15) is 5.11 Å². The summed E-state index contributed by atoms with van der Waals surface area (Å²) in [6.07, 6.45) is 1.82. The van der Waals surface area contributed by atoms with Crippen LogP contribution in [0, 0.1) is 6.92 Å². The van der Waals surface area contributed by atoms with Gasteiger partial charge < -0.3 is 14.7 Å². The van der Waals surface area contributed by atoms with Gasteiger partial charge in [-0.1, -0.05) is 18.2 Å². The average Bonchev–Trinajstić information content (AvgIpc) is 2.49. The molecule has 2 heterocycles. The van der Waals surface area contributed by atoms with Crippen molar-refractivity contribution in [1.29, 1.82) is 0 Å². The van der Waals surface area contributed by atoms with Crippen molar-refractivity contribution in [2.45, 2.75) is 26.0 Å². The summed E-state index contributed by atoms with van der Waals surface area (Å²) in [4.78, 5) is 6.70. The molecule has 0 saturated carbocycles. The second kappa shape index (κ2) is 5.37. The maximum Gasteiger partial charge on any atom is 0.147 e. The van der Waals surface area contributed by atoms with E-state index in [2.05, 4.69) is 22.9 Å². The Balaban J connectivity index is 1.95. The predicted molar refractivity (Wildman–Crippen MR) is 82.6 cm³/mol. The Hall–Kier alpha value is -2.07. The molecule has 4 heteroatoms. The highest BCUT2D eigenvalue weighted by molar-refractivity contribution is 5.60. The lowest BCUT2D eigenvalue weighted by molar-refractivity contribution is 0.0234. The number of rotatable bonds is 3. The summed E-state index contributed by atoms with van der Waals surface area (Å²) in [6, 6.07) is 12.0. The van der Waals surface area contributed by atoms with E-state index in [1.54, 1.807) is 0 Å². The van der Waals surface area contributed by atoms with Gasteiger partial charge in [0.25, 0.3) is 0 Å². The molecule has 1 aromatic heterocycles. The van der Waals surface area contributed by atoms with E-state index < -0.39 is 5.60 Å². The van der Waals surface area contributed by atoms with Crippen LogP contribution in [0.15, 0.2) is 42.6 Å². The molecule has 0 spiro atoms. The van der Waals surface area contributed by atoms with Crippen LogP contribution in [0.1, 0.15) is 18.2 Å². The number of aryl methyl sites for hydroxylation is 1. The van der Waals surface area contributed by atoms with Crippen molar-refractivity contribution in [3.63, 3.8) is 0 Å². The minimum Gasteiger partial charge on any atom is -0.481 e. The number of hydrogen-bond acceptors (Lipinski definition) is 4. The first-order valence-corrected chi connectivity index (χ1v) is 7.16. The fourth-order valence-electron chi connectivity index (χ4n) is 2.68. The van der Waals surface area contributed by atoms with Crippen LogP contribution in [0.4, 0.5) is 5.69 Å². The number of pyridine rings is 1. The molecule has 1 unspecified atom stereocenters. The van der Waals surface area contributed by atoms with Gasteiger partial charge in [-0.05, 0) is 37.6 Å². The number of hydrogen-bond donors (Lipinski definition) is 1. The zero-order valence-corrected chi connectivity index (χ0v) is 12.4. The van der Waals surface area contributed by atoms with Crippen molar-refractivity contribution >= 4 is 5.69 Å². The van der Waals surface area contributed by atoms with Crippen LogP contribution in [0.25, 0.3) is 0 Å². The van der Waals surface area contributed by atoms with Crippen LogP contribution in [0.3, 0.4) is 0 Å². The molecule has 2 aromatic rings. The van der Waals surface area contributed by atoms with Crippen LogP contribution in [-0.4, -0.2) is 28.8 Å². The van der Waals surface area contributed by atoms with Gasteiger partial charge in [0.15, 0.2) is 0 Å². The SMILES string of the molecule is Cc1cccnc1CN1CC(C)(CO)Oc2ccccc21. The smallest absolute Gasteiger partial charge is 0.147 e. The van der Waals surface area contributed by atoms with E-state index in [1.807, 2.05) is 43.5 Å². The van der Waals surface area contributed by atoms with E-state index in [0.29, 0.717) is 13.1 Å². The summed E-state index contributed by atoms with van der Waals surface area (Å²) in [7, 11) is 0. The number of aliphatic hydroxyl groups is 1. The lowest BCUT2D eigenvalue weighted by Gasteiger charge is -2.41. The summed E-state index contributed by atoms with van der Waals surface area (Å²) in [5.41, 5.74) is 2.69. The van der Waals surface area contributed by atoms with Crippen LogP contribution < -0.4 is 9.64 Å². The normalized spacial score (nSPS) is 20.8. The molecule has 1 aliphatic rings. The number of aromatic nitrogens is 1. The summed E-state index contributed by atoms with van der Waals surface area (Å²) >= 11 is 0. The summed E-state index contributed by atoms with van der Waals surface area (Å²) < 4.78 is 5.95. The molecule has 0 bridgehead atoms. The largest absolute Gasteiger partial charge is 0.481 e. The molecule has 0 aliphatic carbocycles. The summed E-state index contributed by atoms with van der Waals surface area (Å²) in [5.74, 6) is 0.814. The highest BCUT2D eigenvalue weighted by atomic mass is 16.5. The Bertz CT molecular complexity index is 644. The third-order valence-corrected chi connectivity index (χ3v) is 3.88. The monoisotopic (exact) mass is 284 g/mol. The maximum absolute atomic E-state index is 9.65. The van der Waals surface area contributed by atoms with Gasteiger partial charge >= 0.3 is 0 Å². The summed E-state index contributed by atoms with van der Waals surface area (Å²) in [6.45, 7) is 5.33. The molecule has 0 saturated heterocycles. The Kier molecular flexibility index (Phi) is 3.55. The molecular formula is C17H20N2O2. The number of fused-ring (bicyclic) bond motifs is 1. The van der Waals surface area contributed by atoms with Crippen LogP contribution in [-0.2, 0) is 6.54 Å². The second-order valence-electron chi connectivity index (χ2n) is 5.80. The molecule has 1 aliphatic heterocycles. The zero-order valence-electron chi connectivity index (χ0n) is 12.4. The second-order valence-corrected chi connectivity index (χ2v) is 5.80. The van der Waals surface area contributed by atoms with Gasteiger partial charge in [-0.2, -0.15) is 0 Å². The van der Waals surface area contributed by atoms with Crippen molar-refractivity contribution in [2.24, 2.45) is 0 Å². The number of anilines is 1. The van der Waals surface area contributed by atoms with Gasteiger partial charge in [0, 0.05) is 6.20 Å². The van der Waals surface area contributed by atoms with Gasteiger partial charge in [0.05, 0.1) is 31.1 Å². The van der Waals surface area contributed by atoms with E-state index in [1.165, 1.54) is 5.56 Å². The van der Waals surface area contributed by atoms with E-state index >= 15 is 0 Å². The van der Waals surface area contributed by atoms with Crippen LogP contribution in [0.2, 0.25) is 0 Å². The maximum atomic E-state index is 9.65. The predicted octanol–water partition coefficient (Wildman–Crippen LogP) is 2.54. The Morgan fingerprint density at radius 2 is 2.10 bits per heavy atom. The van der Waals surface area contributed by atoms with Crippen molar-refractivity contribution in [3.05, 3.63) is 53.9 Å². The third-order valence-electron chi connectivity index (χ3n) is 3.88. The van der Waals surface area contributed by atoms with E-state index in [0.717, 1.165) is 17.1 Å².